The zero-order valence-electron chi connectivity index (χ0n) is 9.64. The molecule has 1 aliphatic rings. The van der Waals surface area contributed by atoms with Gasteiger partial charge in [-0.15, -0.1) is 0 Å². The molecule has 1 fully saturated rings. The molecular weight excluding hydrogens is 232 g/mol. The van der Waals surface area contributed by atoms with Gasteiger partial charge in [-0.2, -0.15) is 0 Å². The molecule has 0 spiro atoms. The summed E-state index contributed by atoms with van der Waals surface area (Å²) in [5, 5.41) is 46.8. The molecule has 0 amide bonds. The minimum Gasteiger partial charge on any atom is -0.394 e. The highest BCUT2D eigenvalue weighted by molar-refractivity contribution is 4.88. The molecule has 7 nitrogen and oxygen atoms in total. The summed E-state index contributed by atoms with van der Waals surface area (Å²) in [7, 11) is 0. The van der Waals surface area contributed by atoms with E-state index >= 15 is 0 Å². The fourth-order valence-electron chi connectivity index (χ4n) is 1.53. The second-order valence-corrected chi connectivity index (χ2v) is 4.09. The highest BCUT2D eigenvalue weighted by atomic mass is 16.7. The van der Waals surface area contributed by atoms with Gasteiger partial charge >= 0.3 is 0 Å². The van der Waals surface area contributed by atoms with Gasteiger partial charge in [-0.25, -0.2) is 0 Å². The van der Waals surface area contributed by atoms with Gasteiger partial charge < -0.3 is 35.0 Å². The van der Waals surface area contributed by atoms with Crippen LogP contribution in [0, 0.1) is 0 Å². The van der Waals surface area contributed by atoms with Crippen LogP contribution in [0.25, 0.3) is 0 Å². The third-order valence-electron chi connectivity index (χ3n) is 2.77. The maximum Gasteiger partial charge on any atom is 0.186 e. The number of hydrogen-bond acceptors (Lipinski definition) is 7. The highest BCUT2D eigenvalue weighted by Crippen LogP contribution is 2.22. The van der Waals surface area contributed by atoms with E-state index in [-0.39, 0.29) is 6.61 Å². The Hall–Kier alpha value is -0.280. The fraction of sp³-hybridized carbons (Fsp3) is 1.00. The van der Waals surface area contributed by atoms with Gasteiger partial charge in [-0.3, -0.25) is 0 Å². The third kappa shape index (κ3) is 3.59. The Kier molecular flexibility index (Phi) is 5.74. The van der Waals surface area contributed by atoms with Crippen LogP contribution in [0.15, 0.2) is 0 Å². The molecule has 0 aliphatic carbocycles. The fourth-order valence-corrected chi connectivity index (χ4v) is 1.53. The molecule has 3 unspecified atom stereocenters. The van der Waals surface area contributed by atoms with Crippen molar-refractivity contribution in [3.8, 4) is 0 Å². The first-order chi connectivity index (χ1) is 8.01. The van der Waals surface area contributed by atoms with Crippen LogP contribution >= 0.6 is 0 Å². The quantitative estimate of drug-likeness (QED) is 0.369. The molecule has 0 radical (unpaired) electrons. The van der Waals surface area contributed by atoms with Gasteiger partial charge in [0.15, 0.2) is 6.29 Å². The normalized spacial score (nSPS) is 40.2. The topological polar surface area (TPSA) is 120 Å². The van der Waals surface area contributed by atoms with Crippen molar-refractivity contribution in [3.05, 3.63) is 0 Å². The summed E-state index contributed by atoms with van der Waals surface area (Å²) in [5.41, 5.74) is 0. The van der Waals surface area contributed by atoms with Crippen molar-refractivity contribution in [3.63, 3.8) is 0 Å². The summed E-state index contributed by atoms with van der Waals surface area (Å²) >= 11 is 0. The first kappa shape index (κ1) is 14.8. The molecule has 17 heavy (non-hydrogen) atoms. The van der Waals surface area contributed by atoms with E-state index < -0.39 is 43.4 Å². The molecule has 0 aromatic heterocycles. The van der Waals surface area contributed by atoms with E-state index in [0.717, 1.165) is 0 Å². The molecule has 1 heterocycles. The summed E-state index contributed by atoms with van der Waals surface area (Å²) in [4.78, 5) is 0. The lowest BCUT2D eigenvalue weighted by atomic mass is 9.99. The van der Waals surface area contributed by atoms with E-state index in [2.05, 4.69) is 0 Å². The van der Waals surface area contributed by atoms with E-state index in [1.807, 2.05) is 0 Å². The van der Waals surface area contributed by atoms with Crippen molar-refractivity contribution in [1.82, 2.24) is 0 Å². The smallest absolute Gasteiger partial charge is 0.186 e. The second kappa shape index (κ2) is 6.60. The summed E-state index contributed by atoms with van der Waals surface area (Å²) in [6.07, 6.45) is -6.64. The summed E-state index contributed by atoms with van der Waals surface area (Å²) in [6.45, 7) is 1.21. The van der Waals surface area contributed by atoms with Gasteiger partial charge in [-0.1, -0.05) is 6.92 Å². The molecule has 1 aliphatic heterocycles. The first-order valence-electron chi connectivity index (χ1n) is 5.61. The molecule has 7 heteroatoms. The molecule has 1 rings (SSSR count). The number of aliphatic hydroxyl groups excluding tert-OH is 5. The molecule has 0 aromatic rings. The minimum atomic E-state index is -1.45. The van der Waals surface area contributed by atoms with E-state index in [9.17, 15) is 20.4 Å². The van der Waals surface area contributed by atoms with Crippen LogP contribution in [0.3, 0.4) is 0 Å². The summed E-state index contributed by atoms with van der Waals surface area (Å²) < 4.78 is 10.2. The van der Waals surface area contributed by atoms with Crippen LogP contribution in [0.2, 0.25) is 0 Å². The number of ether oxygens (including phenoxy) is 2. The Balaban J connectivity index is 2.53. The summed E-state index contributed by atoms with van der Waals surface area (Å²) in [5.74, 6) is 0. The van der Waals surface area contributed by atoms with Crippen LogP contribution in [0.4, 0.5) is 0 Å². The zero-order chi connectivity index (χ0) is 13.0. The van der Waals surface area contributed by atoms with Crippen LogP contribution < -0.4 is 0 Å². The van der Waals surface area contributed by atoms with E-state index in [0.29, 0.717) is 6.42 Å². The number of rotatable bonds is 5. The number of hydrogen-bond donors (Lipinski definition) is 5. The van der Waals surface area contributed by atoms with E-state index in [1.165, 1.54) is 0 Å². The van der Waals surface area contributed by atoms with E-state index in [4.69, 9.17) is 14.6 Å². The van der Waals surface area contributed by atoms with Crippen molar-refractivity contribution in [1.29, 1.82) is 0 Å². The van der Waals surface area contributed by atoms with Crippen molar-refractivity contribution < 1.29 is 35.0 Å². The molecule has 1 saturated heterocycles. The lowest BCUT2D eigenvalue weighted by molar-refractivity contribution is -0.304. The van der Waals surface area contributed by atoms with Crippen LogP contribution in [-0.4, -0.2) is 75.6 Å². The Bertz CT molecular complexity index is 223. The highest BCUT2D eigenvalue weighted by Gasteiger charge is 2.44. The lowest BCUT2D eigenvalue weighted by Gasteiger charge is -2.39. The van der Waals surface area contributed by atoms with Gasteiger partial charge in [0.1, 0.15) is 24.4 Å². The van der Waals surface area contributed by atoms with Gasteiger partial charge in [0, 0.05) is 0 Å². The van der Waals surface area contributed by atoms with Crippen molar-refractivity contribution in [2.24, 2.45) is 0 Å². The number of aliphatic hydroxyl groups is 5. The van der Waals surface area contributed by atoms with Crippen molar-refractivity contribution >= 4 is 0 Å². The monoisotopic (exact) mass is 252 g/mol. The van der Waals surface area contributed by atoms with Crippen molar-refractivity contribution in [2.45, 2.75) is 50.2 Å². The third-order valence-corrected chi connectivity index (χ3v) is 2.77. The summed E-state index contributed by atoms with van der Waals surface area (Å²) in [6, 6.07) is 0. The molecule has 5 N–H and O–H groups in total. The predicted octanol–water partition coefficient (Wildman–Crippen LogP) is -2.43. The minimum absolute atomic E-state index is 0.0564. The van der Waals surface area contributed by atoms with Crippen LogP contribution in [0.1, 0.15) is 13.3 Å². The van der Waals surface area contributed by atoms with Crippen LogP contribution in [-0.2, 0) is 9.47 Å². The Labute approximate surface area is 99.2 Å². The van der Waals surface area contributed by atoms with E-state index in [1.54, 1.807) is 6.92 Å². The molecule has 0 aromatic carbocycles. The van der Waals surface area contributed by atoms with Gasteiger partial charge in [0.2, 0.25) is 0 Å². The molecule has 6 atom stereocenters. The average Bonchev–Trinajstić information content (AvgIpc) is 2.34. The average molecular weight is 252 g/mol. The maximum atomic E-state index is 9.58. The Morgan fingerprint density at radius 3 is 2.35 bits per heavy atom. The van der Waals surface area contributed by atoms with Gasteiger partial charge in [0.25, 0.3) is 0 Å². The zero-order valence-corrected chi connectivity index (χ0v) is 9.64. The molecule has 102 valence electrons. The maximum absolute atomic E-state index is 9.58. The van der Waals surface area contributed by atoms with Gasteiger partial charge in [-0.05, 0) is 6.42 Å². The van der Waals surface area contributed by atoms with Crippen molar-refractivity contribution in [2.75, 3.05) is 13.2 Å². The lowest BCUT2D eigenvalue weighted by Crippen LogP contribution is -2.59. The van der Waals surface area contributed by atoms with Gasteiger partial charge in [0.05, 0.1) is 19.3 Å². The Morgan fingerprint density at radius 2 is 1.82 bits per heavy atom. The van der Waals surface area contributed by atoms with Crippen LogP contribution in [0.5, 0.6) is 0 Å². The standard InChI is InChI=1S/C10H20O7/c1-2-5(12)4-16-10-9(15)8(14)7(13)6(3-11)17-10/h5-15H,2-4H2,1H3/t5?,6?,7-,8+,9+,10?/m1/s1. The molecular formula is C10H20O7. The predicted molar refractivity (Wildman–Crippen MR) is 56.0 cm³/mol. The first-order valence-corrected chi connectivity index (χ1v) is 5.61. The largest absolute Gasteiger partial charge is 0.394 e. The second-order valence-electron chi connectivity index (χ2n) is 4.09. The SMILES string of the molecule is CCC(O)COC1OC(CO)[C@@H](O)[C@H](O)[C@@H]1O. The molecule has 0 saturated carbocycles. The Morgan fingerprint density at radius 1 is 1.18 bits per heavy atom. The molecule has 0 bridgehead atoms.